The van der Waals surface area contributed by atoms with Crippen molar-refractivity contribution in [3.63, 3.8) is 0 Å². The minimum atomic E-state index is -1.04. The van der Waals surface area contributed by atoms with Crippen LogP contribution in [0.2, 0.25) is 0 Å². The Balaban J connectivity index is 2.90. The van der Waals surface area contributed by atoms with E-state index in [2.05, 4.69) is 17.2 Å². The number of nitrogens with one attached hydrogen (secondary N) is 2. The standard InChI is InChI=1S/C15H18N2O4/c1-3-13(18)16-9-12(15(20)21)10-6-5-7-11(8-10)17-14(19)4-2/h4-8,12H,2-3,9H2,1H3,(H,16,18)(H,17,19)(H,20,21). The van der Waals surface area contributed by atoms with Crippen LogP contribution in [0.3, 0.4) is 0 Å². The lowest BCUT2D eigenvalue weighted by Gasteiger charge is -2.14. The van der Waals surface area contributed by atoms with E-state index in [1.807, 2.05) is 0 Å². The maximum absolute atomic E-state index is 11.3. The number of rotatable bonds is 7. The van der Waals surface area contributed by atoms with Gasteiger partial charge in [0.1, 0.15) is 0 Å². The van der Waals surface area contributed by atoms with Gasteiger partial charge < -0.3 is 15.7 Å². The van der Waals surface area contributed by atoms with E-state index in [1.165, 1.54) is 0 Å². The van der Waals surface area contributed by atoms with Gasteiger partial charge in [-0.15, -0.1) is 0 Å². The third-order valence-electron chi connectivity index (χ3n) is 2.86. The monoisotopic (exact) mass is 290 g/mol. The highest BCUT2D eigenvalue weighted by atomic mass is 16.4. The molecule has 6 nitrogen and oxygen atoms in total. The first-order chi connectivity index (χ1) is 9.97. The van der Waals surface area contributed by atoms with Crippen molar-refractivity contribution in [1.29, 1.82) is 0 Å². The van der Waals surface area contributed by atoms with Crippen LogP contribution in [0.1, 0.15) is 24.8 Å². The van der Waals surface area contributed by atoms with E-state index < -0.39 is 11.9 Å². The number of benzene rings is 1. The fourth-order valence-electron chi connectivity index (χ4n) is 1.72. The molecule has 1 rings (SSSR count). The van der Waals surface area contributed by atoms with E-state index >= 15 is 0 Å². The maximum atomic E-state index is 11.3. The van der Waals surface area contributed by atoms with E-state index in [0.717, 1.165) is 6.08 Å². The first-order valence-electron chi connectivity index (χ1n) is 6.50. The average Bonchev–Trinajstić information content (AvgIpc) is 2.47. The minimum Gasteiger partial charge on any atom is -0.481 e. The summed E-state index contributed by atoms with van der Waals surface area (Å²) in [6, 6.07) is 6.50. The van der Waals surface area contributed by atoms with Crippen LogP contribution in [-0.4, -0.2) is 29.4 Å². The third-order valence-corrected chi connectivity index (χ3v) is 2.86. The summed E-state index contributed by atoms with van der Waals surface area (Å²) in [4.78, 5) is 33.8. The summed E-state index contributed by atoms with van der Waals surface area (Å²) >= 11 is 0. The van der Waals surface area contributed by atoms with E-state index in [0.29, 0.717) is 17.7 Å². The Bertz CT molecular complexity index is 554. The molecular formula is C15H18N2O4. The molecule has 0 heterocycles. The molecule has 0 spiro atoms. The number of amides is 2. The van der Waals surface area contributed by atoms with Gasteiger partial charge in [0, 0.05) is 18.7 Å². The molecule has 0 bridgehead atoms. The van der Waals surface area contributed by atoms with Gasteiger partial charge in [-0.1, -0.05) is 25.6 Å². The summed E-state index contributed by atoms with van der Waals surface area (Å²) in [5.74, 6) is -2.50. The SMILES string of the molecule is C=CC(=O)Nc1cccc(C(CNC(=O)CC)C(=O)O)c1. The summed E-state index contributed by atoms with van der Waals surface area (Å²) in [5.41, 5.74) is 0.978. The Labute approximate surface area is 122 Å². The molecule has 2 amide bonds. The summed E-state index contributed by atoms with van der Waals surface area (Å²) in [7, 11) is 0. The van der Waals surface area contributed by atoms with Gasteiger partial charge in [-0.2, -0.15) is 0 Å². The van der Waals surface area contributed by atoms with Crippen LogP contribution in [0.5, 0.6) is 0 Å². The molecule has 3 N–H and O–H groups in total. The highest BCUT2D eigenvalue weighted by Crippen LogP contribution is 2.19. The van der Waals surface area contributed by atoms with Gasteiger partial charge in [0.15, 0.2) is 0 Å². The molecule has 1 aromatic carbocycles. The lowest BCUT2D eigenvalue weighted by Crippen LogP contribution is -2.31. The predicted molar refractivity (Wildman–Crippen MR) is 78.9 cm³/mol. The van der Waals surface area contributed by atoms with E-state index in [4.69, 9.17) is 0 Å². The van der Waals surface area contributed by atoms with Crippen LogP contribution in [0.15, 0.2) is 36.9 Å². The number of carboxylic acid groups (broad SMARTS) is 1. The average molecular weight is 290 g/mol. The van der Waals surface area contributed by atoms with Gasteiger partial charge in [0.2, 0.25) is 11.8 Å². The van der Waals surface area contributed by atoms with Crippen LogP contribution in [-0.2, 0) is 14.4 Å². The van der Waals surface area contributed by atoms with Crippen LogP contribution in [0, 0.1) is 0 Å². The number of hydrogen-bond acceptors (Lipinski definition) is 3. The molecule has 0 saturated heterocycles. The Morgan fingerprint density at radius 2 is 2.10 bits per heavy atom. The number of carbonyl (C=O) groups is 3. The molecule has 0 saturated carbocycles. The zero-order chi connectivity index (χ0) is 15.8. The van der Waals surface area contributed by atoms with E-state index in [9.17, 15) is 19.5 Å². The molecule has 0 aromatic heterocycles. The number of aliphatic carboxylic acids is 1. The van der Waals surface area contributed by atoms with Crippen LogP contribution in [0.25, 0.3) is 0 Å². The number of carbonyl (C=O) groups excluding carboxylic acids is 2. The Kier molecular flexibility index (Phi) is 6.13. The topological polar surface area (TPSA) is 95.5 Å². The van der Waals surface area contributed by atoms with Gasteiger partial charge in [0.25, 0.3) is 0 Å². The molecule has 0 radical (unpaired) electrons. The Morgan fingerprint density at radius 3 is 2.67 bits per heavy atom. The first-order valence-corrected chi connectivity index (χ1v) is 6.50. The summed E-state index contributed by atoms with van der Waals surface area (Å²) < 4.78 is 0. The molecule has 21 heavy (non-hydrogen) atoms. The molecule has 0 aliphatic carbocycles. The number of hydrogen-bond donors (Lipinski definition) is 3. The molecule has 0 aliphatic heterocycles. The smallest absolute Gasteiger partial charge is 0.312 e. The Hall–Kier alpha value is -2.63. The van der Waals surface area contributed by atoms with Gasteiger partial charge in [-0.25, -0.2) is 0 Å². The molecular weight excluding hydrogens is 272 g/mol. The lowest BCUT2D eigenvalue weighted by molar-refractivity contribution is -0.138. The summed E-state index contributed by atoms with van der Waals surface area (Å²) in [6.45, 7) is 5.04. The van der Waals surface area contributed by atoms with Crippen molar-refractivity contribution in [3.05, 3.63) is 42.5 Å². The van der Waals surface area contributed by atoms with Crippen LogP contribution >= 0.6 is 0 Å². The predicted octanol–water partition coefficient (Wildman–Crippen LogP) is 1.51. The van der Waals surface area contributed by atoms with E-state index in [1.54, 1.807) is 31.2 Å². The van der Waals surface area contributed by atoms with Gasteiger partial charge in [0.05, 0.1) is 5.92 Å². The van der Waals surface area contributed by atoms with Gasteiger partial charge in [-0.05, 0) is 23.8 Å². The third kappa shape index (κ3) is 5.10. The van der Waals surface area contributed by atoms with Crippen LogP contribution in [0.4, 0.5) is 5.69 Å². The second-order valence-electron chi connectivity index (χ2n) is 4.37. The lowest BCUT2D eigenvalue weighted by atomic mass is 9.98. The fourth-order valence-corrected chi connectivity index (χ4v) is 1.72. The summed E-state index contributed by atoms with van der Waals surface area (Å²) in [5, 5.41) is 14.4. The largest absolute Gasteiger partial charge is 0.481 e. The molecule has 1 unspecified atom stereocenters. The van der Waals surface area contributed by atoms with Crippen molar-refractivity contribution in [2.45, 2.75) is 19.3 Å². The highest BCUT2D eigenvalue weighted by molar-refractivity contribution is 5.99. The zero-order valence-electron chi connectivity index (χ0n) is 11.8. The summed E-state index contributed by atoms with van der Waals surface area (Å²) in [6.07, 6.45) is 1.42. The second-order valence-corrected chi connectivity index (χ2v) is 4.37. The Morgan fingerprint density at radius 1 is 1.38 bits per heavy atom. The molecule has 112 valence electrons. The highest BCUT2D eigenvalue weighted by Gasteiger charge is 2.20. The molecule has 1 atom stereocenters. The van der Waals surface area contributed by atoms with Crippen molar-refractivity contribution >= 4 is 23.5 Å². The molecule has 0 fully saturated rings. The van der Waals surface area contributed by atoms with E-state index in [-0.39, 0.29) is 18.4 Å². The minimum absolute atomic E-state index is 0.000858. The zero-order valence-corrected chi connectivity index (χ0v) is 11.8. The quantitative estimate of drug-likeness (QED) is 0.663. The van der Waals surface area contributed by atoms with Crippen molar-refractivity contribution in [2.75, 3.05) is 11.9 Å². The molecule has 0 aliphatic rings. The molecule has 6 heteroatoms. The molecule has 1 aromatic rings. The van der Waals surface area contributed by atoms with Crippen molar-refractivity contribution in [1.82, 2.24) is 5.32 Å². The van der Waals surface area contributed by atoms with Crippen molar-refractivity contribution in [3.8, 4) is 0 Å². The van der Waals surface area contributed by atoms with Gasteiger partial charge >= 0.3 is 5.97 Å². The first kappa shape index (κ1) is 16.4. The van der Waals surface area contributed by atoms with Crippen LogP contribution < -0.4 is 10.6 Å². The number of anilines is 1. The fraction of sp³-hybridized carbons (Fsp3) is 0.267. The normalized spacial score (nSPS) is 11.3. The van der Waals surface area contributed by atoms with Gasteiger partial charge in [-0.3, -0.25) is 14.4 Å². The maximum Gasteiger partial charge on any atom is 0.312 e. The van der Waals surface area contributed by atoms with Crippen molar-refractivity contribution in [2.24, 2.45) is 0 Å². The number of carboxylic acids is 1. The van der Waals surface area contributed by atoms with Crippen molar-refractivity contribution < 1.29 is 19.5 Å². The second kappa shape index (κ2) is 7.84.